The van der Waals surface area contributed by atoms with Crippen molar-refractivity contribution in [1.29, 1.82) is 0 Å². The molecule has 3 heterocycles. The van der Waals surface area contributed by atoms with E-state index in [0.717, 1.165) is 32.5 Å². The second-order valence-corrected chi connectivity index (χ2v) is 8.05. The Balaban J connectivity index is 1.49. The molecule has 2 saturated heterocycles. The zero-order valence-corrected chi connectivity index (χ0v) is 11.8. The number of aromatic nitrogens is 1. The Hall–Kier alpha value is -0.940. The van der Waals surface area contributed by atoms with Crippen molar-refractivity contribution in [2.24, 2.45) is 5.92 Å². The fraction of sp³-hybridized carbons (Fsp3) is 0.643. The summed E-state index contributed by atoms with van der Waals surface area (Å²) in [7, 11) is -2.76. The van der Waals surface area contributed by atoms with Gasteiger partial charge in [0.05, 0.1) is 11.5 Å². The van der Waals surface area contributed by atoms with Crippen molar-refractivity contribution in [3.05, 3.63) is 30.1 Å². The predicted molar refractivity (Wildman–Crippen MR) is 74.8 cm³/mol. The number of hydrogen-bond acceptors (Lipinski definition) is 4. The largest absolute Gasteiger partial charge is 0.302 e. The molecular formula is C14H20N2O2S. The predicted octanol–water partition coefficient (Wildman–Crippen LogP) is 1.31. The van der Waals surface area contributed by atoms with Crippen LogP contribution in [0.1, 0.15) is 24.3 Å². The first-order valence-corrected chi connectivity index (χ1v) is 8.77. The van der Waals surface area contributed by atoms with E-state index in [0.29, 0.717) is 23.3 Å². The van der Waals surface area contributed by atoms with Crippen LogP contribution in [-0.2, 0) is 9.84 Å². The van der Waals surface area contributed by atoms with Crippen LogP contribution in [0.2, 0.25) is 0 Å². The van der Waals surface area contributed by atoms with Gasteiger partial charge in [0.1, 0.15) is 0 Å². The molecule has 4 nitrogen and oxygen atoms in total. The van der Waals surface area contributed by atoms with E-state index in [2.05, 4.69) is 16.0 Å². The molecule has 0 bridgehead atoms. The average molecular weight is 280 g/mol. The molecule has 1 aromatic rings. The highest BCUT2D eigenvalue weighted by Gasteiger charge is 2.32. The first-order chi connectivity index (χ1) is 9.12. The van der Waals surface area contributed by atoms with Gasteiger partial charge in [-0.3, -0.25) is 4.98 Å². The maximum Gasteiger partial charge on any atom is 0.150 e. The molecule has 0 saturated carbocycles. The Morgan fingerprint density at radius 3 is 2.89 bits per heavy atom. The van der Waals surface area contributed by atoms with E-state index in [1.54, 1.807) is 6.20 Å². The van der Waals surface area contributed by atoms with E-state index in [1.807, 2.05) is 12.3 Å². The lowest BCUT2D eigenvalue weighted by Crippen LogP contribution is -2.48. The lowest BCUT2D eigenvalue weighted by Gasteiger charge is -2.41. The van der Waals surface area contributed by atoms with E-state index in [9.17, 15) is 8.42 Å². The van der Waals surface area contributed by atoms with Crippen LogP contribution in [0.15, 0.2) is 24.5 Å². The fourth-order valence-electron chi connectivity index (χ4n) is 3.17. The van der Waals surface area contributed by atoms with Crippen LogP contribution in [0.25, 0.3) is 0 Å². The van der Waals surface area contributed by atoms with Gasteiger partial charge in [0.25, 0.3) is 0 Å². The lowest BCUT2D eigenvalue weighted by atomic mass is 9.91. The van der Waals surface area contributed by atoms with Gasteiger partial charge in [0, 0.05) is 37.9 Å². The highest BCUT2D eigenvalue weighted by atomic mass is 32.2. The number of sulfone groups is 1. The summed E-state index contributed by atoms with van der Waals surface area (Å²) in [4.78, 5) is 6.53. The van der Waals surface area contributed by atoms with Gasteiger partial charge in [-0.25, -0.2) is 8.42 Å². The van der Waals surface area contributed by atoms with Crippen molar-refractivity contribution in [3.8, 4) is 0 Å². The average Bonchev–Trinajstić information content (AvgIpc) is 2.33. The van der Waals surface area contributed by atoms with Gasteiger partial charge in [0.2, 0.25) is 0 Å². The summed E-state index contributed by atoms with van der Waals surface area (Å²) < 4.78 is 23.2. The number of pyridine rings is 1. The van der Waals surface area contributed by atoms with Crippen LogP contribution < -0.4 is 0 Å². The molecule has 0 radical (unpaired) electrons. The molecule has 5 heteroatoms. The molecule has 0 aliphatic carbocycles. The summed E-state index contributed by atoms with van der Waals surface area (Å²) in [5.74, 6) is 1.70. The molecule has 0 unspecified atom stereocenters. The van der Waals surface area contributed by atoms with Crippen molar-refractivity contribution in [1.82, 2.24) is 9.88 Å². The standard InChI is InChI=1S/C14H20N2O2S/c17-19(18)6-2-3-12(11-19)8-16-9-14(10-16)13-4-1-5-15-7-13/h1,4-5,7,12,14H,2-3,6,8-11H2/t12-/m1/s1. The third-order valence-electron chi connectivity index (χ3n) is 4.19. The van der Waals surface area contributed by atoms with Gasteiger partial charge < -0.3 is 4.90 Å². The molecule has 1 atom stereocenters. The molecule has 19 heavy (non-hydrogen) atoms. The van der Waals surface area contributed by atoms with E-state index in [4.69, 9.17) is 0 Å². The van der Waals surface area contributed by atoms with E-state index < -0.39 is 9.84 Å². The van der Waals surface area contributed by atoms with Crippen LogP contribution >= 0.6 is 0 Å². The molecule has 1 aromatic heterocycles. The maximum atomic E-state index is 11.6. The minimum absolute atomic E-state index is 0.341. The Morgan fingerprint density at radius 1 is 1.37 bits per heavy atom. The van der Waals surface area contributed by atoms with Crippen molar-refractivity contribution < 1.29 is 8.42 Å². The topological polar surface area (TPSA) is 50.3 Å². The molecule has 0 spiro atoms. The highest BCUT2D eigenvalue weighted by molar-refractivity contribution is 7.91. The fourth-order valence-corrected chi connectivity index (χ4v) is 4.94. The smallest absolute Gasteiger partial charge is 0.150 e. The summed E-state index contributed by atoms with van der Waals surface area (Å²) in [5, 5.41) is 0. The molecular weight excluding hydrogens is 260 g/mol. The van der Waals surface area contributed by atoms with Gasteiger partial charge in [-0.05, 0) is 30.4 Å². The summed E-state index contributed by atoms with van der Waals surface area (Å²) in [5.41, 5.74) is 1.30. The second kappa shape index (κ2) is 5.21. The Morgan fingerprint density at radius 2 is 2.21 bits per heavy atom. The van der Waals surface area contributed by atoms with E-state index in [-0.39, 0.29) is 0 Å². The quantitative estimate of drug-likeness (QED) is 0.837. The van der Waals surface area contributed by atoms with Crippen molar-refractivity contribution >= 4 is 9.84 Å². The van der Waals surface area contributed by atoms with Crippen LogP contribution in [0.3, 0.4) is 0 Å². The molecule has 104 valence electrons. The molecule has 2 aliphatic rings. The minimum Gasteiger partial charge on any atom is -0.302 e. The summed E-state index contributed by atoms with van der Waals surface area (Å²) in [6.45, 7) is 3.03. The molecule has 2 aliphatic heterocycles. The number of nitrogens with zero attached hydrogens (tertiary/aromatic N) is 2. The van der Waals surface area contributed by atoms with Crippen LogP contribution in [-0.4, -0.2) is 49.4 Å². The zero-order valence-electron chi connectivity index (χ0n) is 11.0. The SMILES string of the molecule is O=S1(=O)CCC[C@H](CN2CC(c3cccnc3)C2)C1. The number of rotatable bonds is 3. The normalized spacial score (nSPS) is 27.9. The van der Waals surface area contributed by atoms with Gasteiger partial charge in [-0.1, -0.05) is 6.07 Å². The minimum atomic E-state index is -2.76. The molecule has 3 rings (SSSR count). The molecule has 0 aromatic carbocycles. The number of likely N-dealkylation sites (tertiary alicyclic amines) is 1. The summed E-state index contributed by atoms with van der Waals surface area (Å²) in [6, 6.07) is 4.10. The summed E-state index contributed by atoms with van der Waals surface area (Å²) in [6.07, 6.45) is 5.64. The zero-order chi connectivity index (χ0) is 13.3. The first kappa shape index (κ1) is 13.1. The van der Waals surface area contributed by atoms with Gasteiger partial charge in [0.15, 0.2) is 9.84 Å². The van der Waals surface area contributed by atoms with Gasteiger partial charge >= 0.3 is 0 Å². The van der Waals surface area contributed by atoms with Gasteiger partial charge in [-0.2, -0.15) is 0 Å². The molecule has 0 amide bonds. The molecule has 0 N–H and O–H groups in total. The van der Waals surface area contributed by atoms with Crippen LogP contribution in [0.5, 0.6) is 0 Å². The third-order valence-corrected chi connectivity index (χ3v) is 6.08. The molecule has 2 fully saturated rings. The van der Waals surface area contributed by atoms with Crippen LogP contribution in [0, 0.1) is 5.92 Å². The highest BCUT2D eigenvalue weighted by Crippen LogP contribution is 2.29. The Kier molecular flexibility index (Phi) is 3.58. The van der Waals surface area contributed by atoms with Crippen LogP contribution in [0.4, 0.5) is 0 Å². The van der Waals surface area contributed by atoms with E-state index >= 15 is 0 Å². The number of hydrogen-bond donors (Lipinski definition) is 0. The van der Waals surface area contributed by atoms with Gasteiger partial charge in [-0.15, -0.1) is 0 Å². The Bertz CT molecular complexity index is 524. The third kappa shape index (κ3) is 3.15. The summed E-state index contributed by atoms with van der Waals surface area (Å²) >= 11 is 0. The maximum absolute atomic E-state index is 11.6. The first-order valence-electron chi connectivity index (χ1n) is 6.95. The lowest BCUT2D eigenvalue weighted by molar-refractivity contribution is 0.124. The van der Waals surface area contributed by atoms with E-state index in [1.165, 1.54) is 5.56 Å². The van der Waals surface area contributed by atoms with Crippen molar-refractivity contribution in [2.45, 2.75) is 18.8 Å². The van der Waals surface area contributed by atoms with Crippen molar-refractivity contribution in [2.75, 3.05) is 31.1 Å². The second-order valence-electron chi connectivity index (χ2n) is 5.82. The Labute approximate surface area is 114 Å². The van der Waals surface area contributed by atoms with Crippen molar-refractivity contribution in [3.63, 3.8) is 0 Å². The monoisotopic (exact) mass is 280 g/mol.